The Morgan fingerprint density at radius 2 is 0.904 bits per heavy atom. The quantitative estimate of drug-likeness (QED) is 0.139. The summed E-state index contributed by atoms with van der Waals surface area (Å²) >= 11 is 0. The van der Waals surface area contributed by atoms with E-state index >= 15 is 0 Å². The third-order valence-electron chi connectivity index (χ3n) is 9.72. The normalized spacial score (nSPS) is 11.7. The topological polar surface area (TPSA) is 7.65 Å². The van der Waals surface area contributed by atoms with Crippen LogP contribution in [0.4, 0.5) is 17.1 Å². The van der Waals surface area contributed by atoms with Crippen molar-refractivity contribution in [3.05, 3.63) is 212 Å². The van der Waals surface area contributed by atoms with E-state index in [-0.39, 0.29) is 0 Å². The molecule has 0 aliphatic carbocycles. The minimum absolute atomic E-state index is 1.09. The highest BCUT2D eigenvalue weighted by Gasteiger charge is 2.22. The van der Waals surface area contributed by atoms with Gasteiger partial charge in [-0.25, -0.2) is 0 Å². The predicted octanol–water partition coefficient (Wildman–Crippen LogP) is 14.1. The maximum absolute atomic E-state index is 2.35. The van der Waals surface area contributed by atoms with Crippen LogP contribution < -0.4 is 4.90 Å². The SMILES string of the molecule is C/C=C\C(=C/C)c1ccc(N(c2ccc(-c3ccccc3)cc2)c2ccc(-c3c(-c4ccccc4)c(-c4ccccc4)c4ccccn34)cc2)cc1. The molecule has 2 aromatic heterocycles. The first-order valence-corrected chi connectivity index (χ1v) is 17.9. The molecule has 250 valence electrons. The zero-order valence-corrected chi connectivity index (χ0v) is 29.5. The fraction of sp³-hybridized carbons (Fsp3) is 0.0400. The monoisotopic (exact) mass is 668 g/mol. The summed E-state index contributed by atoms with van der Waals surface area (Å²) in [5, 5.41) is 0. The lowest BCUT2D eigenvalue weighted by Gasteiger charge is -2.26. The van der Waals surface area contributed by atoms with Crippen LogP contribution in [-0.2, 0) is 0 Å². The Labute approximate surface area is 306 Å². The summed E-state index contributed by atoms with van der Waals surface area (Å²) in [5.74, 6) is 0. The molecule has 0 N–H and O–H groups in total. The van der Waals surface area contributed by atoms with Crippen LogP contribution in [0.15, 0.2) is 206 Å². The fourth-order valence-corrected chi connectivity index (χ4v) is 7.27. The first-order chi connectivity index (χ1) is 25.7. The van der Waals surface area contributed by atoms with E-state index in [1.165, 1.54) is 55.7 Å². The number of anilines is 3. The molecule has 0 radical (unpaired) electrons. The smallest absolute Gasteiger partial charge is 0.0613 e. The second-order valence-electron chi connectivity index (χ2n) is 12.9. The molecular formula is C50H40N2. The van der Waals surface area contributed by atoms with Gasteiger partial charge in [0.25, 0.3) is 0 Å². The van der Waals surface area contributed by atoms with Crippen LogP contribution in [0.5, 0.6) is 0 Å². The maximum atomic E-state index is 2.35. The first kappa shape index (κ1) is 32.6. The second kappa shape index (κ2) is 14.7. The van der Waals surface area contributed by atoms with Crippen LogP contribution in [-0.4, -0.2) is 4.40 Å². The first-order valence-electron chi connectivity index (χ1n) is 17.9. The number of nitrogens with zero attached hydrogens (tertiary/aromatic N) is 2. The predicted molar refractivity (Wildman–Crippen MR) is 222 cm³/mol. The van der Waals surface area contributed by atoms with Crippen LogP contribution in [0.3, 0.4) is 0 Å². The highest BCUT2D eigenvalue weighted by molar-refractivity contribution is 6.03. The molecule has 8 rings (SSSR count). The zero-order valence-electron chi connectivity index (χ0n) is 29.5. The van der Waals surface area contributed by atoms with E-state index in [2.05, 4.69) is 230 Å². The molecule has 0 aliphatic heterocycles. The van der Waals surface area contributed by atoms with E-state index in [1.807, 2.05) is 0 Å². The number of aromatic nitrogens is 1. The van der Waals surface area contributed by atoms with E-state index in [4.69, 9.17) is 0 Å². The lowest BCUT2D eigenvalue weighted by molar-refractivity contribution is 1.20. The Hall–Kier alpha value is -6.64. The minimum atomic E-state index is 1.09. The number of fused-ring (bicyclic) bond motifs is 1. The van der Waals surface area contributed by atoms with Crippen molar-refractivity contribution in [2.24, 2.45) is 0 Å². The van der Waals surface area contributed by atoms with E-state index in [9.17, 15) is 0 Å². The van der Waals surface area contributed by atoms with Crippen molar-refractivity contribution >= 4 is 28.2 Å². The van der Waals surface area contributed by atoms with Crippen LogP contribution in [0, 0.1) is 0 Å². The van der Waals surface area contributed by atoms with E-state index in [0.717, 1.165) is 22.6 Å². The Bertz CT molecular complexity index is 2470. The number of benzene rings is 6. The summed E-state index contributed by atoms with van der Waals surface area (Å²) in [6, 6.07) is 65.4. The summed E-state index contributed by atoms with van der Waals surface area (Å²) in [7, 11) is 0. The van der Waals surface area contributed by atoms with Gasteiger partial charge in [-0.2, -0.15) is 0 Å². The highest BCUT2D eigenvalue weighted by Crippen LogP contribution is 2.45. The number of hydrogen-bond donors (Lipinski definition) is 0. The van der Waals surface area contributed by atoms with Gasteiger partial charge in [0.05, 0.1) is 11.2 Å². The van der Waals surface area contributed by atoms with E-state index in [1.54, 1.807) is 0 Å². The van der Waals surface area contributed by atoms with Gasteiger partial charge in [-0.3, -0.25) is 0 Å². The van der Waals surface area contributed by atoms with Crippen LogP contribution in [0.2, 0.25) is 0 Å². The van der Waals surface area contributed by atoms with Crippen molar-refractivity contribution < 1.29 is 0 Å². The molecule has 8 aromatic rings. The largest absolute Gasteiger partial charge is 0.315 e. The van der Waals surface area contributed by atoms with Crippen molar-refractivity contribution in [3.63, 3.8) is 0 Å². The van der Waals surface area contributed by atoms with E-state index in [0.29, 0.717) is 0 Å². The van der Waals surface area contributed by atoms with Gasteiger partial charge >= 0.3 is 0 Å². The molecule has 2 heterocycles. The Morgan fingerprint density at radius 1 is 0.442 bits per heavy atom. The summed E-state index contributed by atoms with van der Waals surface area (Å²) in [5.41, 5.74) is 16.5. The van der Waals surface area contributed by atoms with Gasteiger partial charge in [0, 0.05) is 34.4 Å². The van der Waals surface area contributed by atoms with Crippen LogP contribution in [0.25, 0.3) is 55.7 Å². The summed E-state index contributed by atoms with van der Waals surface area (Å²) in [6.45, 7) is 4.15. The molecule has 0 atom stereocenters. The van der Waals surface area contributed by atoms with Gasteiger partial charge in [-0.05, 0) is 101 Å². The Morgan fingerprint density at radius 3 is 1.44 bits per heavy atom. The molecular weight excluding hydrogens is 629 g/mol. The van der Waals surface area contributed by atoms with Crippen molar-refractivity contribution in [2.45, 2.75) is 13.8 Å². The third-order valence-corrected chi connectivity index (χ3v) is 9.72. The summed E-state index contributed by atoms with van der Waals surface area (Å²) < 4.78 is 2.35. The average molecular weight is 669 g/mol. The minimum Gasteiger partial charge on any atom is -0.315 e. The molecule has 6 aromatic carbocycles. The lowest BCUT2D eigenvalue weighted by atomic mass is 9.93. The second-order valence-corrected chi connectivity index (χ2v) is 12.9. The van der Waals surface area contributed by atoms with Crippen molar-refractivity contribution in [1.82, 2.24) is 4.40 Å². The van der Waals surface area contributed by atoms with Gasteiger partial charge in [-0.1, -0.05) is 152 Å². The van der Waals surface area contributed by atoms with Crippen molar-refractivity contribution in [2.75, 3.05) is 4.90 Å². The fourth-order valence-electron chi connectivity index (χ4n) is 7.27. The molecule has 2 heteroatoms. The summed E-state index contributed by atoms with van der Waals surface area (Å²) in [6.07, 6.45) is 8.59. The van der Waals surface area contributed by atoms with Crippen molar-refractivity contribution in [3.8, 4) is 44.6 Å². The number of rotatable bonds is 9. The molecule has 0 fully saturated rings. The standard InChI is InChI=1S/C50H40N2/c1-3-16-37(4-2)39-24-30-44(31-25-39)52(45-32-26-40(27-33-45)38-17-8-5-9-18-38)46-34-28-43(29-35-46)50-49(42-21-12-7-13-22-42)48(41-19-10-6-11-20-41)47-23-14-15-36-51(47)50/h3-36H,1-2H3/b16-3-,37-4+. The number of pyridine rings is 1. The number of allylic oxidation sites excluding steroid dienone is 4. The van der Waals surface area contributed by atoms with Gasteiger partial charge < -0.3 is 9.30 Å². The Kier molecular flexibility index (Phi) is 9.19. The molecule has 0 aliphatic rings. The summed E-state index contributed by atoms with van der Waals surface area (Å²) in [4.78, 5) is 2.34. The van der Waals surface area contributed by atoms with Crippen molar-refractivity contribution in [1.29, 1.82) is 0 Å². The van der Waals surface area contributed by atoms with Gasteiger partial charge in [0.1, 0.15) is 0 Å². The highest BCUT2D eigenvalue weighted by atomic mass is 15.1. The van der Waals surface area contributed by atoms with Gasteiger partial charge in [0.15, 0.2) is 0 Å². The molecule has 52 heavy (non-hydrogen) atoms. The molecule has 0 saturated heterocycles. The molecule has 0 amide bonds. The Balaban J connectivity index is 1.26. The van der Waals surface area contributed by atoms with Crippen LogP contribution in [0.1, 0.15) is 19.4 Å². The van der Waals surface area contributed by atoms with Crippen LogP contribution >= 0.6 is 0 Å². The third kappa shape index (κ3) is 6.27. The van der Waals surface area contributed by atoms with E-state index < -0.39 is 0 Å². The molecule has 0 spiro atoms. The molecule has 0 unspecified atom stereocenters. The molecule has 0 bridgehead atoms. The zero-order chi connectivity index (χ0) is 35.3. The molecule has 0 saturated carbocycles. The molecule has 2 nitrogen and oxygen atoms in total. The van der Waals surface area contributed by atoms with Gasteiger partial charge in [0.2, 0.25) is 0 Å². The lowest BCUT2D eigenvalue weighted by Crippen LogP contribution is -2.10. The maximum Gasteiger partial charge on any atom is 0.0613 e. The number of hydrogen-bond acceptors (Lipinski definition) is 1. The van der Waals surface area contributed by atoms with Gasteiger partial charge in [-0.15, -0.1) is 0 Å². The average Bonchev–Trinajstić information content (AvgIpc) is 3.57.